The third-order valence-corrected chi connectivity index (χ3v) is 4.60. The lowest BCUT2D eigenvalue weighted by Gasteiger charge is -2.41. The van der Waals surface area contributed by atoms with Crippen molar-refractivity contribution >= 4 is 23.2 Å². The Morgan fingerprint density at radius 3 is 2.63 bits per heavy atom. The standard InChI is InChI=1S/C21H24N2O4/c1-13-10-11-18-16(12-13)23(20(25)21(3,4)27-18)14(2)19(24)22-15-8-6-7-9-17(15)26-5/h6-12,14H,1-5H3,(H,22,24). The summed E-state index contributed by atoms with van der Waals surface area (Å²) in [6.45, 7) is 7.05. The van der Waals surface area contributed by atoms with Gasteiger partial charge in [-0.15, -0.1) is 0 Å². The van der Waals surface area contributed by atoms with Crippen molar-refractivity contribution < 1.29 is 19.1 Å². The Bertz CT molecular complexity index is 892. The van der Waals surface area contributed by atoms with Crippen LogP contribution < -0.4 is 19.7 Å². The highest BCUT2D eigenvalue weighted by atomic mass is 16.5. The number of para-hydroxylation sites is 2. The summed E-state index contributed by atoms with van der Waals surface area (Å²) in [6.07, 6.45) is 0. The maximum absolute atomic E-state index is 13.0. The Kier molecular flexibility index (Phi) is 4.83. The maximum atomic E-state index is 13.0. The summed E-state index contributed by atoms with van der Waals surface area (Å²) < 4.78 is 11.1. The molecule has 1 aliphatic rings. The third kappa shape index (κ3) is 3.47. The number of aryl methyl sites for hydroxylation is 1. The minimum absolute atomic E-state index is 0.261. The van der Waals surface area contributed by atoms with Gasteiger partial charge in [0.2, 0.25) is 5.91 Å². The molecular formula is C21H24N2O4. The molecule has 142 valence electrons. The normalized spacial score (nSPS) is 16.2. The van der Waals surface area contributed by atoms with Gasteiger partial charge in [-0.05, 0) is 57.5 Å². The van der Waals surface area contributed by atoms with E-state index >= 15 is 0 Å². The second-order valence-corrected chi connectivity index (χ2v) is 7.12. The average Bonchev–Trinajstić information content (AvgIpc) is 2.63. The Morgan fingerprint density at radius 2 is 1.93 bits per heavy atom. The summed E-state index contributed by atoms with van der Waals surface area (Å²) >= 11 is 0. The molecule has 0 aromatic heterocycles. The Morgan fingerprint density at radius 1 is 1.22 bits per heavy atom. The number of nitrogens with zero attached hydrogens (tertiary/aromatic N) is 1. The van der Waals surface area contributed by atoms with Crippen LogP contribution in [0.4, 0.5) is 11.4 Å². The predicted octanol–water partition coefficient (Wildman–Crippen LogP) is 3.53. The van der Waals surface area contributed by atoms with Crippen molar-refractivity contribution in [3.8, 4) is 11.5 Å². The fraction of sp³-hybridized carbons (Fsp3) is 0.333. The number of rotatable bonds is 4. The smallest absolute Gasteiger partial charge is 0.271 e. The van der Waals surface area contributed by atoms with Crippen LogP contribution >= 0.6 is 0 Å². The van der Waals surface area contributed by atoms with Gasteiger partial charge in [-0.2, -0.15) is 0 Å². The molecule has 0 saturated heterocycles. The quantitative estimate of drug-likeness (QED) is 0.896. The van der Waals surface area contributed by atoms with Crippen LogP contribution in [-0.4, -0.2) is 30.6 Å². The van der Waals surface area contributed by atoms with Crippen molar-refractivity contribution in [2.75, 3.05) is 17.3 Å². The van der Waals surface area contributed by atoms with Crippen LogP contribution in [0.2, 0.25) is 0 Å². The van der Waals surface area contributed by atoms with Crippen LogP contribution in [0.5, 0.6) is 11.5 Å². The van der Waals surface area contributed by atoms with Gasteiger partial charge in [0.05, 0.1) is 18.5 Å². The lowest BCUT2D eigenvalue weighted by molar-refractivity contribution is -0.134. The molecule has 1 unspecified atom stereocenters. The predicted molar refractivity (Wildman–Crippen MR) is 104 cm³/mol. The first-order valence-electron chi connectivity index (χ1n) is 8.82. The number of hydrogen-bond donors (Lipinski definition) is 1. The summed E-state index contributed by atoms with van der Waals surface area (Å²) in [4.78, 5) is 27.5. The van der Waals surface area contributed by atoms with E-state index in [-0.39, 0.29) is 11.8 Å². The third-order valence-electron chi connectivity index (χ3n) is 4.60. The van der Waals surface area contributed by atoms with E-state index in [2.05, 4.69) is 5.32 Å². The van der Waals surface area contributed by atoms with Crippen LogP contribution in [0.25, 0.3) is 0 Å². The molecule has 1 heterocycles. The van der Waals surface area contributed by atoms with Crippen molar-refractivity contribution in [2.24, 2.45) is 0 Å². The monoisotopic (exact) mass is 368 g/mol. The molecule has 6 heteroatoms. The highest BCUT2D eigenvalue weighted by Gasteiger charge is 2.44. The number of ether oxygens (including phenoxy) is 2. The highest BCUT2D eigenvalue weighted by molar-refractivity contribution is 6.09. The molecule has 1 atom stereocenters. The maximum Gasteiger partial charge on any atom is 0.271 e. The van der Waals surface area contributed by atoms with Gasteiger partial charge >= 0.3 is 0 Å². The van der Waals surface area contributed by atoms with Gasteiger partial charge in [-0.3, -0.25) is 14.5 Å². The molecule has 1 N–H and O–H groups in total. The molecule has 0 bridgehead atoms. The minimum Gasteiger partial charge on any atom is -0.495 e. The number of benzene rings is 2. The summed E-state index contributed by atoms with van der Waals surface area (Å²) in [5.74, 6) is 0.575. The molecule has 2 amide bonds. The van der Waals surface area contributed by atoms with Gasteiger partial charge in [-0.25, -0.2) is 0 Å². The molecule has 0 aliphatic carbocycles. The minimum atomic E-state index is -1.05. The van der Waals surface area contributed by atoms with Crippen LogP contribution in [0, 0.1) is 6.92 Å². The number of fused-ring (bicyclic) bond motifs is 1. The molecule has 27 heavy (non-hydrogen) atoms. The van der Waals surface area contributed by atoms with Crippen molar-refractivity contribution in [2.45, 2.75) is 39.3 Å². The zero-order valence-corrected chi connectivity index (χ0v) is 16.2. The average molecular weight is 368 g/mol. The molecule has 0 spiro atoms. The van der Waals surface area contributed by atoms with Crippen LogP contribution in [0.1, 0.15) is 26.3 Å². The zero-order valence-electron chi connectivity index (χ0n) is 16.2. The van der Waals surface area contributed by atoms with Gasteiger partial charge in [0.25, 0.3) is 5.91 Å². The van der Waals surface area contributed by atoms with E-state index < -0.39 is 11.6 Å². The van der Waals surface area contributed by atoms with Crippen molar-refractivity contribution in [1.82, 2.24) is 0 Å². The first-order valence-corrected chi connectivity index (χ1v) is 8.82. The molecule has 2 aromatic carbocycles. The van der Waals surface area contributed by atoms with Crippen molar-refractivity contribution in [1.29, 1.82) is 0 Å². The van der Waals surface area contributed by atoms with Gasteiger partial charge in [-0.1, -0.05) is 18.2 Å². The van der Waals surface area contributed by atoms with Gasteiger partial charge in [0.1, 0.15) is 17.5 Å². The van der Waals surface area contributed by atoms with Gasteiger partial charge in [0.15, 0.2) is 5.60 Å². The van der Waals surface area contributed by atoms with E-state index in [1.54, 1.807) is 40.0 Å². The van der Waals surface area contributed by atoms with E-state index in [1.807, 2.05) is 37.3 Å². The van der Waals surface area contributed by atoms with Gasteiger partial charge in [0, 0.05) is 0 Å². The summed E-state index contributed by atoms with van der Waals surface area (Å²) in [5, 5.41) is 2.85. The number of amides is 2. The molecule has 1 aliphatic heterocycles. The van der Waals surface area contributed by atoms with Crippen LogP contribution in [-0.2, 0) is 9.59 Å². The van der Waals surface area contributed by atoms with E-state index in [1.165, 1.54) is 4.90 Å². The zero-order chi connectivity index (χ0) is 19.8. The van der Waals surface area contributed by atoms with Crippen molar-refractivity contribution in [3.63, 3.8) is 0 Å². The van der Waals surface area contributed by atoms with Gasteiger partial charge < -0.3 is 14.8 Å². The lowest BCUT2D eigenvalue weighted by Crippen LogP contribution is -2.57. The second kappa shape index (κ2) is 6.95. The molecule has 0 fully saturated rings. The largest absolute Gasteiger partial charge is 0.495 e. The van der Waals surface area contributed by atoms with Crippen LogP contribution in [0.15, 0.2) is 42.5 Å². The molecule has 0 radical (unpaired) electrons. The summed E-state index contributed by atoms with van der Waals surface area (Å²) in [7, 11) is 1.54. The second-order valence-electron chi connectivity index (χ2n) is 7.12. The first-order chi connectivity index (χ1) is 12.7. The fourth-order valence-electron chi connectivity index (χ4n) is 3.11. The molecule has 6 nitrogen and oxygen atoms in total. The van der Waals surface area contributed by atoms with E-state index in [0.717, 1.165) is 5.56 Å². The number of anilines is 2. The van der Waals surface area contributed by atoms with E-state index in [4.69, 9.17) is 9.47 Å². The first kappa shape index (κ1) is 18.8. The topological polar surface area (TPSA) is 67.9 Å². The highest BCUT2D eigenvalue weighted by Crippen LogP contribution is 2.39. The Balaban J connectivity index is 1.95. The fourth-order valence-corrected chi connectivity index (χ4v) is 3.11. The molecule has 3 rings (SSSR count). The van der Waals surface area contributed by atoms with E-state index in [0.29, 0.717) is 22.9 Å². The number of nitrogens with one attached hydrogen (secondary N) is 1. The molecule has 0 saturated carbocycles. The summed E-state index contributed by atoms with van der Waals surface area (Å²) in [6, 6.07) is 12.0. The Labute approximate surface area is 159 Å². The molecular weight excluding hydrogens is 344 g/mol. The van der Waals surface area contributed by atoms with Crippen LogP contribution in [0.3, 0.4) is 0 Å². The SMILES string of the molecule is COc1ccccc1NC(=O)C(C)N1C(=O)C(C)(C)Oc2ccc(C)cc21. The number of carbonyl (C=O) groups excluding carboxylic acids is 2. The van der Waals surface area contributed by atoms with E-state index in [9.17, 15) is 9.59 Å². The molecule has 2 aromatic rings. The lowest BCUT2D eigenvalue weighted by atomic mass is 10.0. The Hall–Kier alpha value is -3.02. The summed E-state index contributed by atoms with van der Waals surface area (Å²) in [5.41, 5.74) is 1.08. The number of carbonyl (C=O) groups is 2. The number of methoxy groups -OCH3 is 1. The van der Waals surface area contributed by atoms with Crippen molar-refractivity contribution in [3.05, 3.63) is 48.0 Å². The number of hydrogen-bond acceptors (Lipinski definition) is 4.